The zero-order valence-electron chi connectivity index (χ0n) is 26.3. The van der Waals surface area contributed by atoms with Gasteiger partial charge >= 0.3 is 29.8 Å². The molecule has 0 unspecified atom stereocenters. The first-order valence-corrected chi connectivity index (χ1v) is 14.2. The molecule has 250 valence electrons. The zero-order valence-corrected chi connectivity index (χ0v) is 26.3. The molecule has 15 heteroatoms. The number of hydrogen-bond acceptors (Lipinski definition) is 15. The van der Waals surface area contributed by atoms with E-state index in [2.05, 4.69) is 0 Å². The third-order valence-corrected chi connectivity index (χ3v) is 6.70. The molecule has 0 aliphatic carbocycles. The molecule has 0 amide bonds. The SMILES string of the molecule is COc1ccc(-c2coc3ccc(O[C@@H]4O[C@@H](COC(C)=O)[C@H](OC(C)=O)[C@@H](OC(C)=O)[C@@H]4OC(C)=O)c(OC(C)=O)c3c2=O)cc1. The zero-order chi connectivity index (χ0) is 34.4. The molecule has 0 radical (unpaired) electrons. The molecule has 15 nitrogen and oxygen atoms in total. The van der Waals surface area contributed by atoms with Crippen LogP contribution in [-0.2, 0) is 47.7 Å². The van der Waals surface area contributed by atoms with Crippen LogP contribution in [0.25, 0.3) is 22.1 Å². The van der Waals surface area contributed by atoms with Crippen LogP contribution in [0.3, 0.4) is 0 Å². The Labute approximate surface area is 267 Å². The predicted octanol–water partition coefficient (Wildman–Crippen LogP) is 2.86. The lowest BCUT2D eigenvalue weighted by Crippen LogP contribution is -2.63. The second kappa shape index (κ2) is 14.8. The summed E-state index contributed by atoms with van der Waals surface area (Å²) in [6.07, 6.45) is -6.26. The van der Waals surface area contributed by atoms with Gasteiger partial charge in [0.2, 0.25) is 17.8 Å². The first-order chi connectivity index (χ1) is 22.3. The fourth-order valence-electron chi connectivity index (χ4n) is 4.89. The molecule has 0 spiro atoms. The lowest BCUT2D eigenvalue weighted by molar-refractivity contribution is -0.288. The Balaban J connectivity index is 1.86. The molecule has 1 fully saturated rings. The highest BCUT2D eigenvalue weighted by atomic mass is 16.7. The van der Waals surface area contributed by atoms with Crippen LogP contribution >= 0.6 is 0 Å². The van der Waals surface area contributed by atoms with Crippen molar-refractivity contribution in [3.8, 4) is 28.4 Å². The number of rotatable bonds is 10. The number of methoxy groups -OCH3 is 1. The molecule has 0 N–H and O–H groups in total. The molecule has 1 aromatic heterocycles. The summed E-state index contributed by atoms with van der Waals surface area (Å²) < 4.78 is 49.8. The minimum atomic E-state index is -1.67. The van der Waals surface area contributed by atoms with E-state index >= 15 is 0 Å². The van der Waals surface area contributed by atoms with E-state index in [1.807, 2.05) is 0 Å². The van der Waals surface area contributed by atoms with E-state index in [1.165, 1.54) is 25.5 Å². The second-order valence-electron chi connectivity index (χ2n) is 10.3. The van der Waals surface area contributed by atoms with Gasteiger partial charge in [-0.2, -0.15) is 0 Å². The van der Waals surface area contributed by atoms with Gasteiger partial charge in [0.05, 0.1) is 12.7 Å². The van der Waals surface area contributed by atoms with E-state index in [1.54, 1.807) is 24.3 Å². The quantitative estimate of drug-likeness (QED) is 0.176. The van der Waals surface area contributed by atoms with Gasteiger partial charge in [0.1, 0.15) is 35.7 Å². The Morgan fingerprint density at radius 2 is 1.36 bits per heavy atom. The largest absolute Gasteiger partial charge is 0.497 e. The fourth-order valence-corrected chi connectivity index (χ4v) is 4.89. The van der Waals surface area contributed by atoms with Gasteiger partial charge < -0.3 is 42.3 Å². The molecule has 5 atom stereocenters. The van der Waals surface area contributed by atoms with E-state index in [9.17, 15) is 28.8 Å². The van der Waals surface area contributed by atoms with E-state index in [0.717, 1.165) is 34.6 Å². The lowest BCUT2D eigenvalue weighted by Gasteiger charge is -2.44. The molecular weight excluding hydrogens is 624 g/mol. The van der Waals surface area contributed by atoms with Crippen LogP contribution in [0.5, 0.6) is 17.2 Å². The number of hydrogen-bond donors (Lipinski definition) is 0. The molecule has 47 heavy (non-hydrogen) atoms. The number of carbonyl (C=O) groups excluding carboxylic acids is 5. The van der Waals surface area contributed by atoms with Crippen molar-refractivity contribution < 1.29 is 66.3 Å². The van der Waals surface area contributed by atoms with Crippen LogP contribution < -0.4 is 19.6 Å². The molecule has 1 saturated heterocycles. The molecule has 0 bridgehead atoms. The first kappa shape index (κ1) is 34.4. The standard InChI is InChI=1S/C32H32O15/c1-15(33)40-14-25-29(43-17(3)35)30(44-18(4)36)31(45-19(5)37)32(47-25)46-24-12-11-23-26(28(24)42-16(2)34)27(38)22(13-41-23)20-7-9-21(39-6)10-8-20/h7-13,25,29-32H,14H2,1-6H3/t25-,29-,30+,31-,32+/m0/s1. The molecule has 1 aliphatic heterocycles. The average molecular weight is 657 g/mol. The maximum Gasteiger partial charge on any atom is 0.308 e. The summed E-state index contributed by atoms with van der Waals surface area (Å²) in [5.74, 6) is -4.07. The van der Waals surface area contributed by atoms with Gasteiger partial charge in [0, 0.05) is 34.6 Å². The summed E-state index contributed by atoms with van der Waals surface area (Å²) in [5, 5.41) is -0.170. The molecular formula is C32H32O15. The Morgan fingerprint density at radius 1 is 0.745 bits per heavy atom. The minimum absolute atomic E-state index is 0.0393. The van der Waals surface area contributed by atoms with Crippen molar-refractivity contribution in [3.05, 3.63) is 52.9 Å². The summed E-state index contributed by atoms with van der Waals surface area (Å²) >= 11 is 0. The molecule has 2 heterocycles. The Kier molecular flexibility index (Phi) is 10.8. The maximum absolute atomic E-state index is 13.9. The van der Waals surface area contributed by atoms with Crippen LogP contribution in [0.2, 0.25) is 0 Å². The summed E-state index contributed by atoms with van der Waals surface area (Å²) in [6.45, 7) is 4.97. The van der Waals surface area contributed by atoms with Crippen molar-refractivity contribution in [1.82, 2.24) is 0 Å². The number of esters is 5. The van der Waals surface area contributed by atoms with Gasteiger partial charge in [-0.3, -0.25) is 28.8 Å². The second-order valence-corrected chi connectivity index (χ2v) is 10.3. The van der Waals surface area contributed by atoms with E-state index in [4.69, 9.17) is 42.3 Å². The topological polar surface area (TPSA) is 189 Å². The normalized spacial score (nSPS) is 20.4. The number of fused-ring (bicyclic) bond motifs is 1. The van der Waals surface area contributed by atoms with Crippen molar-refractivity contribution in [2.24, 2.45) is 0 Å². The van der Waals surface area contributed by atoms with Crippen molar-refractivity contribution in [1.29, 1.82) is 0 Å². The molecule has 3 aromatic rings. The van der Waals surface area contributed by atoms with Crippen molar-refractivity contribution in [2.45, 2.75) is 65.3 Å². The predicted molar refractivity (Wildman–Crippen MR) is 158 cm³/mol. The number of ether oxygens (including phenoxy) is 8. The van der Waals surface area contributed by atoms with E-state index in [0.29, 0.717) is 11.3 Å². The van der Waals surface area contributed by atoms with Gasteiger partial charge in [-0.1, -0.05) is 12.1 Å². The van der Waals surface area contributed by atoms with Gasteiger partial charge in [0.25, 0.3) is 0 Å². The minimum Gasteiger partial charge on any atom is -0.497 e. The van der Waals surface area contributed by atoms with Crippen molar-refractivity contribution in [2.75, 3.05) is 13.7 Å². The number of carbonyl (C=O) groups is 5. The van der Waals surface area contributed by atoms with Crippen molar-refractivity contribution in [3.63, 3.8) is 0 Å². The third-order valence-electron chi connectivity index (χ3n) is 6.70. The monoisotopic (exact) mass is 656 g/mol. The number of benzene rings is 2. The van der Waals surface area contributed by atoms with E-state index in [-0.39, 0.29) is 28.0 Å². The Hall–Kier alpha value is -5.44. The molecule has 1 aliphatic rings. The maximum atomic E-state index is 13.9. The Bertz CT molecular complexity index is 1720. The van der Waals surface area contributed by atoms with Crippen LogP contribution in [0, 0.1) is 0 Å². The van der Waals surface area contributed by atoms with Crippen LogP contribution in [0.15, 0.2) is 51.9 Å². The fraction of sp³-hybridized carbons (Fsp3) is 0.375. The smallest absolute Gasteiger partial charge is 0.308 e. The lowest BCUT2D eigenvalue weighted by atomic mass is 9.98. The van der Waals surface area contributed by atoms with Crippen LogP contribution in [-0.4, -0.2) is 74.3 Å². The third kappa shape index (κ3) is 8.24. The molecule has 2 aromatic carbocycles. The van der Waals surface area contributed by atoms with Crippen LogP contribution in [0.4, 0.5) is 0 Å². The summed E-state index contributed by atoms with van der Waals surface area (Å²) in [5.41, 5.74) is 0.0520. The highest BCUT2D eigenvalue weighted by molar-refractivity contribution is 5.91. The Morgan fingerprint density at radius 3 is 1.94 bits per heavy atom. The highest BCUT2D eigenvalue weighted by Gasteiger charge is 2.53. The highest BCUT2D eigenvalue weighted by Crippen LogP contribution is 2.39. The van der Waals surface area contributed by atoms with Gasteiger partial charge in [-0.15, -0.1) is 0 Å². The average Bonchev–Trinajstić information content (AvgIpc) is 2.99. The van der Waals surface area contributed by atoms with E-state index < -0.39 is 72.6 Å². The van der Waals surface area contributed by atoms with Gasteiger partial charge in [0.15, 0.2) is 23.7 Å². The van der Waals surface area contributed by atoms with Gasteiger partial charge in [-0.05, 0) is 29.8 Å². The first-order valence-electron chi connectivity index (χ1n) is 14.2. The van der Waals surface area contributed by atoms with Crippen LogP contribution in [0.1, 0.15) is 34.6 Å². The summed E-state index contributed by atoms with van der Waals surface area (Å²) in [6, 6.07) is 9.26. The summed E-state index contributed by atoms with van der Waals surface area (Å²) in [4.78, 5) is 74.3. The van der Waals surface area contributed by atoms with Crippen molar-refractivity contribution >= 4 is 40.8 Å². The van der Waals surface area contributed by atoms with Gasteiger partial charge in [-0.25, -0.2) is 0 Å². The molecule has 4 rings (SSSR count). The molecule has 0 saturated carbocycles. The summed E-state index contributed by atoms with van der Waals surface area (Å²) in [7, 11) is 1.50.